The van der Waals surface area contributed by atoms with Crippen molar-refractivity contribution < 1.29 is 9.59 Å². The Balaban J connectivity index is 1.74. The first kappa shape index (κ1) is 17.2. The lowest BCUT2D eigenvalue weighted by Crippen LogP contribution is -2.44. The highest BCUT2D eigenvalue weighted by molar-refractivity contribution is 5.93. The number of carbonyl (C=O) groups excluding carboxylic acids is 2. The summed E-state index contributed by atoms with van der Waals surface area (Å²) in [4.78, 5) is 26.3. The summed E-state index contributed by atoms with van der Waals surface area (Å²) in [6.45, 7) is 4.25. The van der Waals surface area contributed by atoms with Crippen molar-refractivity contribution in [1.29, 1.82) is 0 Å². The van der Waals surface area contributed by atoms with Crippen LogP contribution in [-0.2, 0) is 11.8 Å². The monoisotopic (exact) mass is 344 g/mol. The van der Waals surface area contributed by atoms with Crippen molar-refractivity contribution in [1.82, 2.24) is 30.2 Å². The van der Waals surface area contributed by atoms with E-state index in [-0.39, 0.29) is 23.8 Å². The molecule has 3 heterocycles. The molecule has 2 amide bonds. The number of hydrogen-bond donors (Lipinski definition) is 2. The van der Waals surface area contributed by atoms with Crippen LogP contribution < -0.4 is 5.32 Å². The maximum Gasteiger partial charge on any atom is 0.272 e. The smallest absolute Gasteiger partial charge is 0.272 e. The van der Waals surface area contributed by atoms with E-state index in [0.717, 1.165) is 23.2 Å². The molecule has 2 aromatic rings. The third kappa shape index (κ3) is 3.29. The van der Waals surface area contributed by atoms with Gasteiger partial charge < -0.3 is 10.2 Å². The lowest BCUT2D eigenvalue weighted by Gasteiger charge is -2.38. The zero-order valence-corrected chi connectivity index (χ0v) is 15.0. The Bertz CT molecular complexity index is 793. The van der Waals surface area contributed by atoms with Gasteiger partial charge in [-0.3, -0.25) is 19.4 Å². The highest BCUT2D eigenvalue weighted by Crippen LogP contribution is 2.35. The molecule has 1 aliphatic rings. The summed E-state index contributed by atoms with van der Waals surface area (Å²) in [7, 11) is 3.67. The molecular formula is C17H24N6O2. The van der Waals surface area contributed by atoms with Crippen molar-refractivity contribution in [2.24, 2.45) is 13.0 Å². The Morgan fingerprint density at radius 2 is 2.16 bits per heavy atom. The zero-order chi connectivity index (χ0) is 18.1. The van der Waals surface area contributed by atoms with Gasteiger partial charge in [0, 0.05) is 56.0 Å². The van der Waals surface area contributed by atoms with E-state index in [1.165, 1.54) is 0 Å². The van der Waals surface area contributed by atoms with E-state index in [1.807, 2.05) is 34.1 Å². The van der Waals surface area contributed by atoms with Crippen molar-refractivity contribution >= 4 is 11.8 Å². The van der Waals surface area contributed by atoms with Gasteiger partial charge in [0.25, 0.3) is 5.91 Å². The van der Waals surface area contributed by atoms with Crippen molar-refractivity contribution in [2.45, 2.75) is 32.7 Å². The summed E-state index contributed by atoms with van der Waals surface area (Å²) in [6, 6.07) is -0.0859. The van der Waals surface area contributed by atoms with Crippen LogP contribution >= 0.6 is 0 Å². The SMILES string of the molecule is Cc1[nH]nc(C(=O)NC[C@H]2CCC(=O)N(C)[C@@H]2c2cnn(C)c2)c1C. The lowest BCUT2D eigenvalue weighted by atomic mass is 9.85. The fourth-order valence-corrected chi connectivity index (χ4v) is 3.43. The first-order chi connectivity index (χ1) is 11.9. The topological polar surface area (TPSA) is 95.9 Å². The zero-order valence-electron chi connectivity index (χ0n) is 15.0. The molecule has 0 spiro atoms. The van der Waals surface area contributed by atoms with Crippen LogP contribution in [0.5, 0.6) is 0 Å². The van der Waals surface area contributed by atoms with E-state index in [0.29, 0.717) is 18.7 Å². The number of aromatic nitrogens is 4. The van der Waals surface area contributed by atoms with Crippen LogP contribution in [0.25, 0.3) is 0 Å². The molecule has 0 aliphatic carbocycles. The molecule has 1 aliphatic heterocycles. The summed E-state index contributed by atoms with van der Waals surface area (Å²) in [5.41, 5.74) is 3.17. The Labute approximate surface area is 146 Å². The first-order valence-electron chi connectivity index (χ1n) is 8.42. The average Bonchev–Trinajstić information content (AvgIpc) is 3.15. The molecule has 1 fully saturated rings. The predicted molar refractivity (Wildman–Crippen MR) is 91.8 cm³/mol. The van der Waals surface area contributed by atoms with E-state index < -0.39 is 0 Å². The fourth-order valence-electron chi connectivity index (χ4n) is 3.43. The fraction of sp³-hybridized carbons (Fsp3) is 0.529. The minimum Gasteiger partial charge on any atom is -0.350 e. The van der Waals surface area contributed by atoms with Gasteiger partial charge in [-0.2, -0.15) is 10.2 Å². The summed E-state index contributed by atoms with van der Waals surface area (Å²) in [5, 5.41) is 14.1. The minimum absolute atomic E-state index is 0.0859. The van der Waals surface area contributed by atoms with Gasteiger partial charge in [0.2, 0.25) is 5.91 Å². The van der Waals surface area contributed by atoms with Crippen LogP contribution in [0.4, 0.5) is 0 Å². The standard InChI is InChI=1S/C17H24N6O2/c1-10-11(2)20-21-15(10)17(25)18-7-12-5-6-14(24)23(4)16(12)13-8-19-22(3)9-13/h8-9,12,16H,5-7H2,1-4H3,(H,18,25)(H,20,21)/t12-,16+/m1/s1. The van der Waals surface area contributed by atoms with Crippen molar-refractivity contribution in [3.8, 4) is 0 Å². The maximum absolute atomic E-state index is 12.4. The van der Waals surface area contributed by atoms with Gasteiger partial charge in [-0.1, -0.05) is 0 Å². The van der Waals surface area contributed by atoms with E-state index >= 15 is 0 Å². The molecule has 2 atom stereocenters. The molecule has 134 valence electrons. The lowest BCUT2D eigenvalue weighted by molar-refractivity contribution is -0.136. The van der Waals surface area contributed by atoms with Crippen molar-refractivity contribution in [3.05, 3.63) is 34.9 Å². The van der Waals surface area contributed by atoms with Gasteiger partial charge in [0.1, 0.15) is 0 Å². The molecular weight excluding hydrogens is 320 g/mol. The van der Waals surface area contributed by atoms with Gasteiger partial charge in [-0.05, 0) is 20.3 Å². The van der Waals surface area contributed by atoms with Crippen LogP contribution in [0.15, 0.2) is 12.4 Å². The molecule has 8 nitrogen and oxygen atoms in total. The van der Waals surface area contributed by atoms with Crippen LogP contribution in [0.2, 0.25) is 0 Å². The summed E-state index contributed by atoms with van der Waals surface area (Å²) in [6.07, 6.45) is 4.95. The number of rotatable bonds is 4. The number of aromatic amines is 1. The molecule has 0 bridgehead atoms. The third-order valence-corrected chi connectivity index (χ3v) is 5.05. The van der Waals surface area contributed by atoms with Crippen molar-refractivity contribution in [3.63, 3.8) is 0 Å². The Hall–Kier alpha value is -2.64. The second-order valence-corrected chi connectivity index (χ2v) is 6.73. The number of aryl methyl sites for hydroxylation is 2. The second kappa shape index (κ2) is 6.70. The second-order valence-electron chi connectivity index (χ2n) is 6.73. The normalized spacial score (nSPS) is 20.8. The summed E-state index contributed by atoms with van der Waals surface area (Å²) in [5.74, 6) is 0.0673. The van der Waals surface area contributed by atoms with Gasteiger partial charge in [-0.15, -0.1) is 0 Å². The van der Waals surface area contributed by atoms with Crippen molar-refractivity contribution in [2.75, 3.05) is 13.6 Å². The van der Waals surface area contributed by atoms with E-state index in [9.17, 15) is 9.59 Å². The number of nitrogens with zero attached hydrogens (tertiary/aromatic N) is 4. The van der Waals surface area contributed by atoms with Crippen LogP contribution in [0.1, 0.15) is 46.2 Å². The molecule has 1 saturated heterocycles. The molecule has 0 saturated carbocycles. The Morgan fingerprint density at radius 3 is 2.76 bits per heavy atom. The molecule has 2 aromatic heterocycles. The van der Waals surface area contributed by atoms with E-state index in [2.05, 4.69) is 20.6 Å². The number of amides is 2. The first-order valence-corrected chi connectivity index (χ1v) is 8.42. The number of piperidine rings is 1. The van der Waals surface area contributed by atoms with Gasteiger partial charge in [0.15, 0.2) is 5.69 Å². The highest BCUT2D eigenvalue weighted by atomic mass is 16.2. The number of H-pyrrole nitrogens is 1. The van der Waals surface area contributed by atoms with Crippen LogP contribution in [-0.4, -0.2) is 50.3 Å². The van der Waals surface area contributed by atoms with Gasteiger partial charge >= 0.3 is 0 Å². The Morgan fingerprint density at radius 1 is 1.40 bits per heavy atom. The summed E-state index contributed by atoms with van der Waals surface area (Å²) < 4.78 is 1.73. The highest BCUT2D eigenvalue weighted by Gasteiger charge is 2.35. The molecule has 0 radical (unpaired) electrons. The molecule has 2 N–H and O–H groups in total. The molecule has 0 aromatic carbocycles. The van der Waals surface area contributed by atoms with Gasteiger partial charge in [0.05, 0.1) is 12.2 Å². The maximum atomic E-state index is 12.4. The predicted octanol–water partition coefficient (Wildman–Crippen LogP) is 1.10. The molecule has 0 unspecified atom stereocenters. The van der Waals surface area contributed by atoms with Gasteiger partial charge in [-0.25, -0.2) is 0 Å². The van der Waals surface area contributed by atoms with E-state index in [1.54, 1.807) is 15.8 Å². The molecule has 8 heteroatoms. The average molecular weight is 344 g/mol. The number of carbonyl (C=O) groups is 2. The largest absolute Gasteiger partial charge is 0.350 e. The minimum atomic E-state index is -0.189. The van der Waals surface area contributed by atoms with E-state index in [4.69, 9.17) is 0 Å². The summed E-state index contributed by atoms with van der Waals surface area (Å²) >= 11 is 0. The quantitative estimate of drug-likeness (QED) is 0.868. The molecule has 3 rings (SSSR count). The Kier molecular flexibility index (Phi) is 4.61. The number of nitrogens with one attached hydrogen (secondary N) is 2. The molecule has 25 heavy (non-hydrogen) atoms. The number of likely N-dealkylation sites (tertiary alicyclic amines) is 1. The third-order valence-electron chi connectivity index (χ3n) is 5.05. The van der Waals surface area contributed by atoms with Crippen LogP contribution in [0, 0.1) is 19.8 Å². The number of hydrogen-bond acceptors (Lipinski definition) is 4. The van der Waals surface area contributed by atoms with Crippen LogP contribution in [0.3, 0.4) is 0 Å².